The van der Waals surface area contributed by atoms with Crippen LogP contribution in [-0.4, -0.2) is 26.5 Å². The van der Waals surface area contributed by atoms with Crippen LogP contribution in [0.25, 0.3) is 5.65 Å². The van der Waals surface area contributed by atoms with Crippen LogP contribution in [0.5, 0.6) is 0 Å². The van der Waals surface area contributed by atoms with Gasteiger partial charge in [0, 0.05) is 18.7 Å². The van der Waals surface area contributed by atoms with Gasteiger partial charge < -0.3 is 5.32 Å². The normalized spacial score (nSPS) is 18.7. The fourth-order valence-electron chi connectivity index (χ4n) is 2.29. The third-order valence-electron chi connectivity index (χ3n) is 3.82. The molecule has 2 saturated carbocycles. The van der Waals surface area contributed by atoms with Crippen LogP contribution in [0.2, 0.25) is 0 Å². The van der Waals surface area contributed by atoms with Crippen LogP contribution < -0.4 is 5.32 Å². The van der Waals surface area contributed by atoms with Gasteiger partial charge in [-0.1, -0.05) is 0 Å². The molecule has 5 nitrogen and oxygen atoms in total. The van der Waals surface area contributed by atoms with Gasteiger partial charge in [-0.3, -0.25) is 9.20 Å². The Morgan fingerprint density at radius 1 is 1.26 bits per heavy atom. The van der Waals surface area contributed by atoms with E-state index in [-0.39, 0.29) is 5.91 Å². The molecular formula is C14H16N4O. The van der Waals surface area contributed by atoms with Gasteiger partial charge in [0.1, 0.15) is 5.82 Å². The first-order valence-electron chi connectivity index (χ1n) is 6.94. The van der Waals surface area contributed by atoms with E-state index in [1.807, 2.05) is 22.7 Å². The summed E-state index contributed by atoms with van der Waals surface area (Å²) in [6.45, 7) is 0. The van der Waals surface area contributed by atoms with Crippen LogP contribution in [0.3, 0.4) is 0 Å². The molecule has 4 rings (SSSR count). The standard InChI is InChI=1S/C14H16N4O/c19-14(15-11-4-5-11)10-3-6-12-16-17-13(18(12)8-10)7-9-1-2-9/h3,6,8-9,11H,1-2,4-5,7H2,(H,15,19). The number of amides is 1. The van der Waals surface area contributed by atoms with Crippen molar-refractivity contribution in [2.45, 2.75) is 38.1 Å². The second-order valence-electron chi connectivity index (χ2n) is 5.66. The molecular weight excluding hydrogens is 240 g/mol. The SMILES string of the molecule is O=C(NC1CC1)c1ccc2nnc(CC3CC3)n2c1. The molecule has 2 heterocycles. The van der Waals surface area contributed by atoms with E-state index in [9.17, 15) is 4.79 Å². The number of pyridine rings is 1. The van der Waals surface area contributed by atoms with E-state index in [0.717, 1.165) is 36.7 Å². The highest BCUT2D eigenvalue weighted by Gasteiger charge is 2.25. The quantitative estimate of drug-likeness (QED) is 0.903. The van der Waals surface area contributed by atoms with Gasteiger partial charge in [-0.25, -0.2) is 0 Å². The summed E-state index contributed by atoms with van der Waals surface area (Å²) >= 11 is 0. The average molecular weight is 256 g/mol. The first kappa shape index (κ1) is 11.0. The highest BCUT2D eigenvalue weighted by molar-refractivity contribution is 5.94. The zero-order chi connectivity index (χ0) is 12.8. The summed E-state index contributed by atoms with van der Waals surface area (Å²) in [7, 11) is 0. The van der Waals surface area contributed by atoms with Crippen molar-refractivity contribution in [1.82, 2.24) is 19.9 Å². The van der Waals surface area contributed by atoms with Crippen molar-refractivity contribution in [2.24, 2.45) is 5.92 Å². The summed E-state index contributed by atoms with van der Waals surface area (Å²) in [6, 6.07) is 4.07. The predicted octanol–water partition coefficient (Wildman–Crippen LogP) is 1.57. The minimum absolute atomic E-state index is 0.00970. The molecule has 0 aliphatic heterocycles. The monoisotopic (exact) mass is 256 g/mol. The third-order valence-corrected chi connectivity index (χ3v) is 3.82. The molecule has 0 atom stereocenters. The summed E-state index contributed by atoms with van der Waals surface area (Å²) in [4.78, 5) is 12.0. The molecule has 1 N–H and O–H groups in total. The van der Waals surface area contributed by atoms with Gasteiger partial charge in [0.2, 0.25) is 0 Å². The Morgan fingerprint density at radius 3 is 2.84 bits per heavy atom. The Hall–Kier alpha value is -1.91. The molecule has 0 aromatic carbocycles. The van der Waals surface area contributed by atoms with Crippen molar-refractivity contribution in [3.63, 3.8) is 0 Å². The van der Waals surface area contributed by atoms with Crippen LogP contribution in [0.4, 0.5) is 0 Å². The number of hydrogen-bond donors (Lipinski definition) is 1. The summed E-state index contributed by atoms with van der Waals surface area (Å²) < 4.78 is 1.96. The van der Waals surface area contributed by atoms with Crippen molar-refractivity contribution in [2.75, 3.05) is 0 Å². The summed E-state index contributed by atoms with van der Waals surface area (Å²) in [5.41, 5.74) is 1.51. The molecule has 2 aromatic heterocycles. The molecule has 98 valence electrons. The fourth-order valence-corrected chi connectivity index (χ4v) is 2.29. The molecule has 0 saturated heterocycles. The molecule has 19 heavy (non-hydrogen) atoms. The van der Waals surface area contributed by atoms with Gasteiger partial charge >= 0.3 is 0 Å². The topological polar surface area (TPSA) is 59.3 Å². The second kappa shape index (κ2) is 4.05. The van der Waals surface area contributed by atoms with E-state index in [1.54, 1.807) is 0 Å². The van der Waals surface area contributed by atoms with Crippen LogP contribution in [0, 0.1) is 5.92 Å². The zero-order valence-corrected chi connectivity index (χ0v) is 10.7. The Bertz CT molecular complexity index is 640. The van der Waals surface area contributed by atoms with Gasteiger partial charge in [0.05, 0.1) is 5.56 Å². The van der Waals surface area contributed by atoms with Gasteiger partial charge in [-0.2, -0.15) is 0 Å². The van der Waals surface area contributed by atoms with Crippen molar-refractivity contribution < 1.29 is 4.79 Å². The number of carbonyl (C=O) groups excluding carboxylic acids is 1. The smallest absolute Gasteiger partial charge is 0.252 e. The van der Waals surface area contributed by atoms with Gasteiger partial charge in [0.25, 0.3) is 5.91 Å². The molecule has 0 radical (unpaired) electrons. The highest BCUT2D eigenvalue weighted by Crippen LogP contribution is 2.32. The van der Waals surface area contributed by atoms with E-state index in [0.29, 0.717) is 11.6 Å². The minimum atomic E-state index is 0.00970. The lowest BCUT2D eigenvalue weighted by Gasteiger charge is -2.04. The van der Waals surface area contributed by atoms with Crippen molar-refractivity contribution in [1.29, 1.82) is 0 Å². The van der Waals surface area contributed by atoms with E-state index in [1.165, 1.54) is 12.8 Å². The number of nitrogens with one attached hydrogen (secondary N) is 1. The highest BCUT2D eigenvalue weighted by atomic mass is 16.1. The summed E-state index contributed by atoms with van der Waals surface area (Å²) in [5, 5.41) is 11.4. The molecule has 2 aliphatic rings. The lowest BCUT2D eigenvalue weighted by Crippen LogP contribution is -2.25. The Labute approximate surface area is 111 Å². The maximum atomic E-state index is 12.0. The van der Waals surface area contributed by atoms with Gasteiger partial charge in [-0.05, 0) is 43.7 Å². The maximum absolute atomic E-state index is 12.0. The second-order valence-corrected chi connectivity index (χ2v) is 5.66. The Balaban J connectivity index is 1.65. The minimum Gasteiger partial charge on any atom is -0.349 e. The zero-order valence-electron chi connectivity index (χ0n) is 10.7. The number of fused-ring (bicyclic) bond motifs is 1. The molecule has 0 spiro atoms. The molecule has 0 unspecified atom stereocenters. The molecule has 2 fully saturated rings. The van der Waals surface area contributed by atoms with Crippen LogP contribution in [0.1, 0.15) is 41.9 Å². The van der Waals surface area contributed by atoms with E-state index < -0.39 is 0 Å². The third kappa shape index (κ3) is 2.20. The average Bonchev–Trinajstić information content (AvgIpc) is 3.31. The predicted molar refractivity (Wildman–Crippen MR) is 69.9 cm³/mol. The van der Waals surface area contributed by atoms with Crippen molar-refractivity contribution >= 4 is 11.6 Å². The molecule has 2 aromatic rings. The number of hydrogen-bond acceptors (Lipinski definition) is 3. The molecule has 1 amide bonds. The number of carbonyl (C=O) groups is 1. The van der Waals surface area contributed by atoms with E-state index in [4.69, 9.17) is 0 Å². The van der Waals surface area contributed by atoms with Crippen LogP contribution in [0.15, 0.2) is 18.3 Å². The lowest BCUT2D eigenvalue weighted by molar-refractivity contribution is 0.0950. The Kier molecular flexibility index (Phi) is 2.33. The van der Waals surface area contributed by atoms with E-state index in [2.05, 4.69) is 15.5 Å². The van der Waals surface area contributed by atoms with Crippen LogP contribution >= 0.6 is 0 Å². The largest absolute Gasteiger partial charge is 0.349 e. The molecule has 5 heteroatoms. The number of aromatic nitrogens is 3. The summed E-state index contributed by atoms with van der Waals surface area (Å²) in [5.74, 6) is 1.74. The van der Waals surface area contributed by atoms with Crippen LogP contribution in [-0.2, 0) is 6.42 Å². The lowest BCUT2D eigenvalue weighted by atomic mass is 10.2. The Morgan fingerprint density at radius 2 is 2.11 bits per heavy atom. The fraction of sp³-hybridized carbons (Fsp3) is 0.500. The molecule has 0 bridgehead atoms. The summed E-state index contributed by atoms with van der Waals surface area (Å²) in [6.07, 6.45) is 7.62. The number of nitrogens with zero attached hydrogens (tertiary/aromatic N) is 3. The van der Waals surface area contributed by atoms with Gasteiger partial charge in [-0.15, -0.1) is 10.2 Å². The van der Waals surface area contributed by atoms with E-state index >= 15 is 0 Å². The van der Waals surface area contributed by atoms with Crippen molar-refractivity contribution in [3.05, 3.63) is 29.7 Å². The molecule has 2 aliphatic carbocycles. The first-order valence-corrected chi connectivity index (χ1v) is 6.94. The maximum Gasteiger partial charge on any atom is 0.252 e. The number of rotatable bonds is 4. The first-order chi connectivity index (χ1) is 9.29. The van der Waals surface area contributed by atoms with Crippen molar-refractivity contribution in [3.8, 4) is 0 Å². The van der Waals surface area contributed by atoms with Gasteiger partial charge in [0.15, 0.2) is 5.65 Å².